The molecule has 2 aliphatic rings. The van der Waals surface area contributed by atoms with Gasteiger partial charge in [0.15, 0.2) is 0 Å². The van der Waals surface area contributed by atoms with Gasteiger partial charge in [0, 0.05) is 6.61 Å². The van der Waals surface area contributed by atoms with Gasteiger partial charge in [-0.3, -0.25) is 0 Å². The molecule has 0 aromatic carbocycles. The van der Waals surface area contributed by atoms with E-state index in [2.05, 4.69) is 15.5 Å². The summed E-state index contributed by atoms with van der Waals surface area (Å²) >= 11 is 0. The molecule has 118 valence electrons. The second-order valence-electron chi connectivity index (χ2n) is 5.83. The van der Waals surface area contributed by atoms with E-state index in [0.29, 0.717) is 43.4 Å². The van der Waals surface area contributed by atoms with Crippen LogP contribution in [0.5, 0.6) is 0 Å². The van der Waals surface area contributed by atoms with Gasteiger partial charge in [-0.05, 0) is 51.6 Å². The van der Waals surface area contributed by atoms with Crippen LogP contribution in [0.2, 0.25) is 0 Å². The molecular weight excluding hydrogens is 270 g/mol. The molecule has 1 aliphatic heterocycles. The summed E-state index contributed by atoms with van der Waals surface area (Å²) in [7, 11) is 0. The van der Waals surface area contributed by atoms with E-state index in [0.717, 1.165) is 25.9 Å². The van der Waals surface area contributed by atoms with Crippen LogP contribution in [-0.2, 0) is 15.9 Å². The Kier molecular flexibility index (Phi) is 5.22. The van der Waals surface area contributed by atoms with Gasteiger partial charge in [0.1, 0.15) is 6.10 Å². The Morgan fingerprint density at radius 1 is 1.29 bits per heavy atom. The maximum atomic E-state index is 5.86. The number of nitrogens with zero attached hydrogens (tertiary/aromatic N) is 2. The summed E-state index contributed by atoms with van der Waals surface area (Å²) < 4.78 is 16.9. The third kappa shape index (κ3) is 4.25. The first-order valence-electron chi connectivity index (χ1n) is 8.13. The molecular formula is C15H25N3O3. The fourth-order valence-corrected chi connectivity index (χ4v) is 2.76. The van der Waals surface area contributed by atoms with Crippen molar-refractivity contribution in [3.05, 3.63) is 11.7 Å². The van der Waals surface area contributed by atoms with Crippen LogP contribution in [0.15, 0.2) is 4.52 Å². The lowest BCUT2D eigenvalue weighted by Crippen LogP contribution is -2.32. The minimum atomic E-state index is 0.0119. The number of ether oxygens (including phenoxy) is 2. The molecule has 1 aromatic heterocycles. The summed E-state index contributed by atoms with van der Waals surface area (Å²) in [6, 6.07) is 0. The predicted octanol–water partition coefficient (Wildman–Crippen LogP) is 1.87. The van der Waals surface area contributed by atoms with Gasteiger partial charge in [-0.1, -0.05) is 5.16 Å². The second-order valence-corrected chi connectivity index (χ2v) is 5.83. The SMILES string of the molecule is CCOC(c1noc(CCOC2CCNCC2)n1)C1CC1. The van der Waals surface area contributed by atoms with Crippen LogP contribution in [0.25, 0.3) is 0 Å². The molecule has 1 saturated carbocycles. The van der Waals surface area contributed by atoms with Gasteiger partial charge >= 0.3 is 0 Å². The van der Waals surface area contributed by atoms with Crippen LogP contribution in [0, 0.1) is 5.92 Å². The van der Waals surface area contributed by atoms with E-state index < -0.39 is 0 Å². The lowest BCUT2D eigenvalue weighted by molar-refractivity contribution is 0.0322. The minimum Gasteiger partial charge on any atom is -0.378 e. The third-order valence-corrected chi connectivity index (χ3v) is 4.09. The molecule has 1 aromatic rings. The largest absolute Gasteiger partial charge is 0.378 e. The highest BCUT2D eigenvalue weighted by atomic mass is 16.5. The van der Waals surface area contributed by atoms with Crippen LogP contribution in [-0.4, -0.2) is 42.5 Å². The van der Waals surface area contributed by atoms with Crippen LogP contribution in [0.1, 0.15) is 50.4 Å². The molecule has 21 heavy (non-hydrogen) atoms. The highest BCUT2D eigenvalue weighted by molar-refractivity contribution is 4.98. The maximum absolute atomic E-state index is 5.86. The zero-order valence-corrected chi connectivity index (χ0v) is 12.7. The van der Waals surface area contributed by atoms with Gasteiger partial charge < -0.3 is 19.3 Å². The highest BCUT2D eigenvalue weighted by Crippen LogP contribution is 2.42. The molecule has 2 fully saturated rings. The molecule has 1 atom stereocenters. The summed E-state index contributed by atoms with van der Waals surface area (Å²) in [5.41, 5.74) is 0. The Hall–Kier alpha value is -0.980. The smallest absolute Gasteiger partial charge is 0.229 e. The Morgan fingerprint density at radius 2 is 2.10 bits per heavy atom. The average Bonchev–Trinajstić information content (AvgIpc) is 3.25. The minimum absolute atomic E-state index is 0.0119. The van der Waals surface area contributed by atoms with Crippen molar-refractivity contribution in [1.29, 1.82) is 0 Å². The van der Waals surface area contributed by atoms with Crippen molar-refractivity contribution >= 4 is 0 Å². The van der Waals surface area contributed by atoms with Crippen molar-refractivity contribution in [3.8, 4) is 0 Å². The van der Waals surface area contributed by atoms with Gasteiger partial charge in [-0.25, -0.2) is 0 Å². The van der Waals surface area contributed by atoms with Gasteiger partial charge in [0.2, 0.25) is 11.7 Å². The predicted molar refractivity (Wildman–Crippen MR) is 76.9 cm³/mol. The van der Waals surface area contributed by atoms with Crippen molar-refractivity contribution in [3.63, 3.8) is 0 Å². The van der Waals surface area contributed by atoms with E-state index >= 15 is 0 Å². The van der Waals surface area contributed by atoms with Crippen molar-refractivity contribution in [2.75, 3.05) is 26.3 Å². The first-order chi connectivity index (χ1) is 10.4. The van der Waals surface area contributed by atoms with Crippen molar-refractivity contribution in [2.45, 2.75) is 51.2 Å². The van der Waals surface area contributed by atoms with Crippen LogP contribution in [0.3, 0.4) is 0 Å². The molecule has 1 saturated heterocycles. The molecule has 2 heterocycles. The monoisotopic (exact) mass is 295 g/mol. The molecule has 6 nitrogen and oxygen atoms in total. The Morgan fingerprint density at radius 3 is 2.81 bits per heavy atom. The molecule has 3 rings (SSSR count). The number of hydrogen-bond donors (Lipinski definition) is 1. The van der Waals surface area contributed by atoms with Crippen LogP contribution < -0.4 is 5.32 Å². The zero-order valence-electron chi connectivity index (χ0n) is 12.7. The Labute approximate surface area is 125 Å². The molecule has 0 bridgehead atoms. The van der Waals surface area contributed by atoms with Crippen LogP contribution in [0.4, 0.5) is 0 Å². The quantitative estimate of drug-likeness (QED) is 0.789. The number of piperidine rings is 1. The molecule has 1 aliphatic carbocycles. The van der Waals surface area contributed by atoms with Crippen molar-refractivity contribution in [2.24, 2.45) is 5.92 Å². The molecule has 0 radical (unpaired) electrons. The number of nitrogens with one attached hydrogen (secondary N) is 1. The van der Waals surface area contributed by atoms with Crippen molar-refractivity contribution < 1.29 is 14.0 Å². The van der Waals surface area contributed by atoms with E-state index in [-0.39, 0.29) is 6.10 Å². The lowest BCUT2D eigenvalue weighted by Gasteiger charge is -2.22. The lowest BCUT2D eigenvalue weighted by atomic mass is 10.1. The Bertz CT molecular complexity index is 428. The standard InChI is InChI=1S/C15H25N3O3/c1-2-19-14(11-3-4-11)15-17-13(21-18-15)7-10-20-12-5-8-16-9-6-12/h11-12,14,16H,2-10H2,1H3. The fourth-order valence-electron chi connectivity index (χ4n) is 2.76. The topological polar surface area (TPSA) is 69.4 Å². The Balaban J connectivity index is 1.45. The molecule has 1 unspecified atom stereocenters. The number of aromatic nitrogens is 2. The normalized spacial score (nSPS) is 21.6. The van der Waals surface area contributed by atoms with Gasteiger partial charge in [-0.2, -0.15) is 4.98 Å². The van der Waals surface area contributed by atoms with E-state index in [1.54, 1.807) is 0 Å². The zero-order chi connectivity index (χ0) is 14.5. The van der Waals surface area contributed by atoms with Gasteiger partial charge in [0.25, 0.3) is 0 Å². The van der Waals surface area contributed by atoms with Crippen molar-refractivity contribution in [1.82, 2.24) is 15.5 Å². The van der Waals surface area contributed by atoms with E-state index in [9.17, 15) is 0 Å². The highest BCUT2D eigenvalue weighted by Gasteiger charge is 2.36. The summed E-state index contributed by atoms with van der Waals surface area (Å²) in [4.78, 5) is 4.48. The van der Waals surface area contributed by atoms with Crippen LogP contribution >= 0.6 is 0 Å². The number of rotatable bonds is 8. The van der Waals surface area contributed by atoms with Gasteiger partial charge in [0.05, 0.1) is 19.1 Å². The first-order valence-corrected chi connectivity index (χ1v) is 8.13. The second kappa shape index (κ2) is 7.33. The molecule has 0 amide bonds. The first kappa shape index (κ1) is 14.9. The summed E-state index contributed by atoms with van der Waals surface area (Å²) in [5.74, 6) is 1.93. The maximum Gasteiger partial charge on any atom is 0.229 e. The van der Waals surface area contributed by atoms with E-state index in [1.165, 1.54) is 12.8 Å². The van der Waals surface area contributed by atoms with E-state index in [1.807, 2.05) is 6.92 Å². The fraction of sp³-hybridized carbons (Fsp3) is 0.867. The molecule has 6 heteroatoms. The molecule has 1 N–H and O–H groups in total. The summed E-state index contributed by atoms with van der Waals surface area (Å²) in [5, 5.41) is 7.42. The van der Waals surface area contributed by atoms with E-state index in [4.69, 9.17) is 14.0 Å². The average molecular weight is 295 g/mol. The summed E-state index contributed by atoms with van der Waals surface area (Å²) in [6.45, 7) is 5.43. The summed E-state index contributed by atoms with van der Waals surface area (Å²) in [6.07, 6.45) is 5.64. The molecule has 0 spiro atoms. The van der Waals surface area contributed by atoms with Gasteiger partial charge in [-0.15, -0.1) is 0 Å². The third-order valence-electron chi connectivity index (χ3n) is 4.09. The number of hydrogen-bond acceptors (Lipinski definition) is 6.